The van der Waals surface area contributed by atoms with Crippen LogP contribution in [0.3, 0.4) is 0 Å². The molecule has 0 amide bonds. The highest BCUT2D eigenvalue weighted by Crippen LogP contribution is 2.08. The molecule has 0 radical (unpaired) electrons. The fourth-order valence-corrected chi connectivity index (χ4v) is 1.17. The van der Waals surface area contributed by atoms with E-state index in [2.05, 4.69) is 12.6 Å². The van der Waals surface area contributed by atoms with Gasteiger partial charge in [-0.3, -0.25) is 9.59 Å². The Balaban J connectivity index is 3.67. The van der Waals surface area contributed by atoms with Gasteiger partial charge in [-0.2, -0.15) is 12.6 Å². The van der Waals surface area contributed by atoms with Gasteiger partial charge in [0.05, 0.1) is 6.61 Å². The lowest BCUT2D eigenvalue weighted by molar-refractivity contribution is -0.161. The Labute approximate surface area is 102 Å². The minimum Gasteiger partial charge on any atom is -0.465 e. The number of carbonyl (C=O) groups is 2. The largest absolute Gasteiger partial charge is 0.465 e. The molecule has 0 fully saturated rings. The van der Waals surface area contributed by atoms with Crippen LogP contribution in [-0.4, -0.2) is 29.9 Å². The number of ether oxygens (including phenoxy) is 2. The topological polar surface area (TPSA) is 52.6 Å². The van der Waals surface area contributed by atoms with Gasteiger partial charge in [-0.05, 0) is 39.4 Å². The predicted octanol–water partition coefficient (Wildman–Crippen LogP) is 1.97. The highest BCUT2D eigenvalue weighted by atomic mass is 32.1. The van der Waals surface area contributed by atoms with E-state index in [9.17, 15) is 9.59 Å². The number of esters is 2. The average Bonchev–Trinajstić information content (AvgIpc) is 2.09. The maximum atomic E-state index is 11.2. The molecular weight excluding hydrogens is 228 g/mol. The molecule has 0 rings (SSSR count). The summed E-state index contributed by atoms with van der Waals surface area (Å²) in [5.41, 5.74) is -0.566. The monoisotopic (exact) mass is 248 g/mol. The van der Waals surface area contributed by atoms with Crippen LogP contribution in [0.25, 0.3) is 0 Å². The molecule has 0 aliphatic heterocycles. The van der Waals surface area contributed by atoms with Crippen molar-refractivity contribution in [2.75, 3.05) is 12.4 Å². The smallest absolute Gasteiger partial charge is 0.317 e. The quantitative estimate of drug-likeness (QED) is 0.338. The van der Waals surface area contributed by atoms with Crippen LogP contribution in [0.15, 0.2) is 0 Å². The first-order valence-corrected chi connectivity index (χ1v) is 5.97. The van der Waals surface area contributed by atoms with Gasteiger partial charge in [0.2, 0.25) is 0 Å². The molecule has 0 saturated carbocycles. The molecule has 0 heterocycles. The molecule has 94 valence electrons. The van der Waals surface area contributed by atoms with Gasteiger partial charge in [0.1, 0.15) is 12.0 Å². The minimum atomic E-state index is -0.566. The zero-order chi connectivity index (χ0) is 12.6. The number of carbonyl (C=O) groups excluding carboxylic acids is 2. The maximum absolute atomic E-state index is 11.2. The van der Waals surface area contributed by atoms with Crippen molar-refractivity contribution in [1.82, 2.24) is 0 Å². The number of thiol groups is 1. The van der Waals surface area contributed by atoms with E-state index < -0.39 is 17.5 Å². The van der Waals surface area contributed by atoms with Gasteiger partial charge in [-0.1, -0.05) is 0 Å². The van der Waals surface area contributed by atoms with Crippen LogP contribution in [-0.2, 0) is 19.1 Å². The first kappa shape index (κ1) is 15.3. The van der Waals surface area contributed by atoms with E-state index in [1.807, 2.05) is 0 Å². The summed E-state index contributed by atoms with van der Waals surface area (Å²) < 4.78 is 9.84. The van der Waals surface area contributed by atoms with Crippen molar-refractivity contribution in [3.63, 3.8) is 0 Å². The van der Waals surface area contributed by atoms with Crippen molar-refractivity contribution in [3.05, 3.63) is 0 Å². The standard InChI is InChI=1S/C11H20O4S/c1-11(2,3)15-10(13)8-9(12)14-6-4-5-7-16/h16H,4-8H2,1-3H3. The van der Waals surface area contributed by atoms with E-state index in [1.54, 1.807) is 20.8 Å². The van der Waals surface area contributed by atoms with E-state index in [-0.39, 0.29) is 6.42 Å². The van der Waals surface area contributed by atoms with Crippen LogP contribution in [0, 0.1) is 0 Å². The first-order valence-electron chi connectivity index (χ1n) is 5.33. The summed E-state index contributed by atoms with van der Waals surface area (Å²) >= 11 is 4.03. The summed E-state index contributed by atoms with van der Waals surface area (Å²) in [4.78, 5) is 22.4. The zero-order valence-electron chi connectivity index (χ0n) is 10.1. The lowest BCUT2D eigenvalue weighted by Crippen LogP contribution is -2.25. The number of rotatable bonds is 6. The Bertz CT molecular complexity index is 233. The fourth-order valence-electron chi connectivity index (χ4n) is 0.946. The molecule has 0 saturated heterocycles. The molecule has 0 aliphatic carbocycles. The van der Waals surface area contributed by atoms with Crippen LogP contribution in [0.5, 0.6) is 0 Å². The summed E-state index contributed by atoms with van der Waals surface area (Å²) in [6, 6.07) is 0. The van der Waals surface area contributed by atoms with E-state index in [1.165, 1.54) is 0 Å². The summed E-state index contributed by atoms with van der Waals surface area (Å²) in [5.74, 6) is -0.316. The molecule has 0 spiro atoms. The average molecular weight is 248 g/mol. The summed E-state index contributed by atoms with van der Waals surface area (Å²) in [7, 11) is 0. The minimum absolute atomic E-state index is 0.321. The van der Waals surface area contributed by atoms with Gasteiger partial charge in [0, 0.05) is 0 Å². The second-order valence-corrected chi connectivity index (χ2v) is 4.86. The third-order valence-electron chi connectivity index (χ3n) is 1.52. The third-order valence-corrected chi connectivity index (χ3v) is 1.84. The molecule has 0 N–H and O–H groups in total. The molecule has 0 aliphatic rings. The van der Waals surface area contributed by atoms with Crippen molar-refractivity contribution < 1.29 is 19.1 Å². The van der Waals surface area contributed by atoms with Gasteiger partial charge < -0.3 is 9.47 Å². The molecule has 0 aromatic rings. The lowest BCUT2D eigenvalue weighted by atomic mass is 10.2. The Hall–Kier alpha value is -0.710. The van der Waals surface area contributed by atoms with E-state index in [0.29, 0.717) is 6.61 Å². The number of unbranched alkanes of at least 4 members (excludes halogenated alkanes) is 1. The summed E-state index contributed by atoms with van der Waals surface area (Å²) in [6.07, 6.45) is 1.34. The summed E-state index contributed by atoms with van der Waals surface area (Å²) in [5, 5.41) is 0. The van der Waals surface area contributed by atoms with Gasteiger partial charge in [0.15, 0.2) is 0 Å². The highest BCUT2D eigenvalue weighted by molar-refractivity contribution is 7.80. The molecule has 4 nitrogen and oxygen atoms in total. The zero-order valence-corrected chi connectivity index (χ0v) is 11.0. The molecule has 16 heavy (non-hydrogen) atoms. The van der Waals surface area contributed by atoms with Crippen molar-refractivity contribution in [3.8, 4) is 0 Å². The van der Waals surface area contributed by atoms with Gasteiger partial charge >= 0.3 is 11.9 Å². The molecule has 0 unspecified atom stereocenters. The second-order valence-electron chi connectivity index (χ2n) is 4.41. The van der Waals surface area contributed by atoms with Crippen LogP contribution < -0.4 is 0 Å². The third kappa shape index (κ3) is 9.83. The Morgan fingerprint density at radius 2 is 1.75 bits per heavy atom. The van der Waals surface area contributed by atoms with E-state index in [4.69, 9.17) is 9.47 Å². The van der Waals surface area contributed by atoms with Gasteiger partial charge in [-0.25, -0.2) is 0 Å². The summed E-state index contributed by atoms with van der Waals surface area (Å²) in [6.45, 7) is 5.59. The number of hydrogen-bond acceptors (Lipinski definition) is 5. The van der Waals surface area contributed by atoms with Crippen LogP contribution in [0.2, 0.25) is 0 Å². The lowest BCUT2D eigenvalue weighted by Gasteiger charge is -2.19. The van der Waals surface area contributed by atoms with Crippen molar-refractivity contribution in [2.45, 2.75) is 45.6 Å². The Kier molecular flexibility index (Phi) is 7.21. The van der Waals surface area contributed by atoms with Crippen molar-refractivity contribution in [2.24, 2.45) is 0 Å². The van der Waals surface area contributed by atoms with Crippen molar-refractivity contribution >= 4 is 24.6 Å². The molecule has 5 heteroatoms. The molecule has 0 bridgehead atoms. The molecule has 0 atom stereocenters. The molecular formula is C11H20O4S. The normalized spacial score (nSPS) is 11.0. The Morgan fingerprint density at radius 3 is 2.25 bits per heavy atom. The highest BCUT2D eigenvalue weighted by Gasteiger charge is 2.19. The SMILES string of the molecule is CC(C)(C)OC(=O)CC(=O)OCCCCS. The maximum Gasteiger partial charge on any atom is 0.317 e. The van der Waals surface area contributed by atoms with Crippen LogP contribution >= 0.6 is 12.6 Å². The van der Waals surface area contributed by atoms with E-state index >= 15 is 0 Å². The number of hydrogen-bond donors (Lipinski definition) is 1. The predicted molar refractivity (Wildman–Crippen MR) is 64.5 cm³/mol. The van der Waals surface area contributed by atoms with Crippen LogP contribution in [0.4, 0.5) is 0 Å². The fraction of sp³-hybridized carbons (Fsp3) is 0.818. The molecule has 0 aromatic heterocycles. The van der Waals surface area contributed by atoms with Crippen LogP contribution in [0.1, 0.15) is 40.0 Å². The molecule has 0 aromatic carbocycles. The Morgan fingerprint density at radius 1 is 1.12 bits per heavy atom. The van der Waals surface area contributed by atoms with Gasteiger partial charge in [0.25, 0.3) is 0 Å². The second kappa shape index (κ2) is 7.54. The van der Waals surface area contributed by atoms with Crippen molar-refractivity contribution in [1.29, 1.82) is 0 Å². The van der Waals surface area contributed by atoms with E-state index in [0.717, 1.165) is 18.6 Å². The van der Waals surface area contributed by atoms with Gasteiger partial charge in [-0.15, -0.1) is 0 Å². The first-order chi connectivity index (χ1) is 7.35.